The Bertz CT molecular complexity index is 526. The van der Waals surface area contributed by atoms with Gasteiger partial charge in [0.1, 0.15) is 0 Å². The molecule has 0 unspecified atom stereocenters. The summed E-state index contributed by atoms with van der Waals surface area (Å²) in [5.74, 6) is -0.332. The lowest BCUT2D eigenvalue weighted by molar-refractivity contribution is -0.118. The van der Waals surface area contributed by atoms with Crippen LogP contribution in [0.4, 0.5) is 10.5 Å². The Hall–Kier alpha value is -2.04. The highest BCUT2D eigenvalue weighted by Gasteiger charge is 2.14. The number of benzene rings is 1. The highest BCUT2D eigenvalue weighted by molar-refractivity contribution is 5.96. The Kier molecular flexibility index (Phi) is 5.20. The van der Waals surface area contributed by atoms with Crippen molar-refractivity contribution in [2.24, 2.45) is 0 Å². The fourth-order valence-electron chi connectivity index (χ4n) is 2.59. The summed E-state index contributed by atoms with van der Waals surface area (Å²) >= 11 is 0. The Balaban J connectivity index is 1.88. The summed E-state index contributed by atoms with van der Waals surface area (Å²) in [6, 6.07) is 5.70. The van der Waals surface area contributed by atoms with Gasteiger partial charge in [0.05, 0.1) is 6.54 Å². The molecule has 3 N–H and O–H groups in total. The van der Waals surface area contributed by atoms with Crippen LogP contribution in [0.3, 0.4) is 0 Å². The maximum Gasteiger partial charge on any atom is 0.321 e. The third kappa shape index (κ3) is 4.48. The van der Waals surface area contributed by atoms with Crippen molar-refractivity contribution in [2.75, 3.05) is 11.9 Å². The molecule has 0 bridgehead atoms. The molecule has 0 atom stereocenters. The number of amides is 3. The van der Waals surface area contributed by atoms with Gasteiger partial charge in [-0.2, -0.15) is 0 Å². The maximum atomic E-state index is 11.7. The Morgan fingerprint density at radius 1 is 1.19 bits per heavy atom. The molecule has 0 aromatic heterocycles. The summed E-state index contributed by atoms with van der Waals surface area (Å²) in [7, 11) is 0. The van der Waals surface area contributed by atoms with Gasteiger partial charge in [-0.15, -0.1) is 0 Å². The number of nitrogens with one attached hydrogen (secondary N) is 3. The van der Waals surface area contributed by atoms with Gasteiger partial charge in [-0.1, -0.05) is 12.1 Å². The van der Waals surface area contributed by atoms with E-state index in [-0.39, 0.29) is 18.5 Å². The molecule has 0 saturated heterocycles. The fourth-order valence-corrected chi connectivity index (χ4v) is 2.59. The van der Waals surface area contributed by atoms with E-state index in [4.69, 9.17) is 0 Å². The van der Waals surface area contributed by atoms with Crippen LogP contribution >= 0.6 is 0 Å². The van der Waals surface area contributed by atoms with Crippen molar-refractivity contribution in [3.8, 4) is 0 Å². The van der Waals surface area contributed by atoms with Gasteiger partial charge in [0, 0.05) is 11.7 Å². The highest BCUT2D eigenvalue weighted by atomic mass is 16.2. The average molecular weight is 289 g/mol. The number of fused-ring (bicyclic) bond motifs is 1. The SMILES string of the molecule is CC(C)NC(=O)NC(=O)CNc1cccc2c1CCCC2. The highest BCUT2D eigenvalue weighted by Crippen LogP contribution is 2.27. The molecule has 21 heavy (non-hydrogen) atoms. The van der Waals surface area contributed by atoms with Crippen molar-refractivity contribution < 1.29 is 9.59 Å². The van der Waals surface area contributed by atoms with Crippen LogP contribution in [-0.2, 0) is 17.6 Å². The molecule has 5 heteroatoms. The summed E-state index contributed by atoms with van der Waals surface area (Å²) in [5, 5.41) is 8.07. The fraction of sp³-hybridized carbons (Fsp3) is 0.500. The van der Waals surface area contributed by atoms with Gasteiger partial charge >= 0.3 is 6.03 Å². The van der Waals surface area contributed by atoms with Gasteiger partial charge < -0.3 is 10.6 Å². The van der Waals surface area contributed by atoms with Crippen molar-refractivity contribution in [3.63, 3.8) is 0 Å². The first-order valence-electron chi connectivity index (χ1n) is 7.51. The first-order valence-corrected chi connectivity index (χ1v) is 7.51. The number of aryl methyl sites for hydroxylation is 1. The molecule has 0 fully saturated rings. The quantitative estimate of drug-likeness (QED) is 0.796. The van der Waals surface area contributed by atoms with Gasteiger partial charge in [0.15, 0.2) is 0 Å². The zero-order valence-electron chi connectivity index (χ0n) is 12.7. The summed E-state index contributed by atoms with van der Waals surface area (Å²) in [6.07, 6.45) is 4.57. The molecule has 0 saturated carbocycles. The smallest absolute Gasteiger partial charge is 0.321 e. The molecule has 5 nitrogen and oxygen atoms in total. The first kappa shape index (κ1) is 15.4. The summed E-state index contributed by atoms with van der Waals surface area (Å²) in [5.41, 5.74) is 3.68. The normalized spacial score (nSPS) is 13.5. The number of urea groups is 1. The topological polar surface area (TPSA) is 70.2 Å². The van der Waals surface area contributed by atoms with Crippen LogP contribution in [0.15, 0.2) is 18.2 Å². The number of hydrogen-bond donors (Lipinski definition) is 3. The standard InChI is InChI=1S/C16H23N3O2/c1-11(2)18-16(21)19-15(20)10-17-14-9-5-7-12-6-3-4-8-13(12)14/h5,7,9,11,17H,3-4,6,8,10H2,1-2H3,(H2,18,19,20,21). The minimum Gasteiger partial charge on any atom is -0.376 e. The van der Waals surface area contributed by atoms with E-state index in [0.717, 1.165) is 18.5 Å². The monoisotopic (exact) mass is 289 g/mol. The molecule has 0 aliphatic heterocycles. The summed E-state index contributed by atoms with van der Waals surface area (Å²) in [4.78, 5) is 23.2. The Morgan fingerprint density at radius 3 is 2.71 bits per heavy atom. The minimum absolute atomic E-state index is 0.00639. The van der Waals surface area contributed by atoms with Crippen molar-refractivity contribution in [1.29, 1.82) is 0 Å². The lowest BCUT2D eigenvalue weighted by atomic mass is 9.90. The van der Waals surface area contributed by atoms with Crippen molar-refractivity contribution >= 4 is 17.6 Å². The van der Waals surface area contributed by atoms with E-state index in [1.165, 1.54) is 24.0 Å². The van der Waals surface area contributed by atoms with Gasteiger partial charge in [-0.25, -0.2) is 4.79 Å². The second kappa shape index (κ2) is 7.11. The van der Waals surface area contributed by atoms with E-state index in [9.17, 15) is 9.59 Å². The molecular weight excluding hydrogens is 266 g/mol. The predicted molar refractivity (Wildman–Crippen MR) is 83.4 cm³/mol. The van der Waals surface area contributed by atoms with E-state index < -0.39 is 6.03 Å². The van der Waals surface area contributed by atoms with Gasteiger partial charge in [-0.3, -0.25) is 10.1 Å². The molecule has 1 aliphatic rings. The van der Waals surface area contributed by atoms with Crippen molar-refractivity contribution in [3.05, 3.63) is 29.3 Å². The van der Waals surface area contributed by atoms with Crippen LogP contribution in [0.5, 0.6) is 0 Å². The molecule has 2 rings (SSSR count). The largest absolute Gasteiger partial charge is 0.376 e. The maximum absolute atomic E-state index is 11.7. The lowest BCUT2D eigenvalue weighted by Crippen LogP contribution is -2.44. The van der Waals surface area contributed by atoms with Crippen LogP contribution in [-0.4, -0.2) is 24.5 Å². The van der Waals surface area contributed by atoms with Crippen LogP contribution in [0, 0.1) is 0 Å². The third-order valence-corrected chi connectivity index (χ3v) is 3.51. The Labute approximate surface area is 125 Å². The van der Waals surface area contributed by atoms with Crippen LogP contribution in [0.2, 0.25) is 0 Å². The first-order chi connectivity index (χ1) is 10.1. The molecule has 1 aliphatic carbocycles. The molecule has 1 aromatic carbocycles. The number of carbonyl (C=O) groups excluding carboxylic acids is 2. The number of carbonyl (C=O) groups is 2. The van der Waals surface area contributed by atoms with E-state index in [2.05, 4.69) is 22.0 Å². The van der Waals surface area contributed by atoms with Crippen molar-refractivity contribution in [2.45, 2.75) is 45.6 Å². The number of hydrogen-bond acceptors (Lipinski definition) is 3. The predicted octanol–water partition coefficient (Wildman–Crippen LogP) is 2.21. The molecular formula is C16H23N3O2. The van der Waals surface area contributed by atoms with Crippen molar-refractivity contribution in [1.82, 2.24) is 10.6 Å². The molecule has 0 radical (unpaired) electrons. The van der Waals surface area contributed by atoms with Gasteiger partial charge in [-0.05, 0) is 56.7 Å². The van der Waals surface area contributed by atoms with E-state index in [1.807, 2.05) is 26.0 Å². The molecule has 1 aromatic rings. The minimum atomic E-state index is -0.452. The molecule has 0 heterocycles. The van der Waals surface area contributed by atoms with Crippen LogP contribution in [0.1, 0.15) is 37.8 Å². The number of imide groups is 1. The van der Waals surface area contributed by atoms with E-state index in [1.54, 1.807) is 0 Å². The van der Waals surface area contributed by atoms with E-state index >= 15 is 0 Å². The average Bonchev–Trinajstić information content (AvgIpc) is 2.44. The lowest BCUT2D eigenvalue weighted by Gasteiger charge is -2.20. The molecule has 114 valence electrons. The van der Waals surface area contributed by atoms with Gasteiger partial charge in [0.2, 0.25) is 5.91 Å². The molecule has 0 spiro atoms. The number of rotatable bonds is 4. The Morgan fingerprint density at radius 2 is 1.95 bits per heavy atom. The zero-order valence-corrected chi connectivity index (χ0v) is 12.7. The second-order valence-electron chi connectivity index (χ2n) is 5.68. The zero-order chi connectivity index (χ0) is 15.2. The van der Waals surface area contributed by atoms with E-state index in [0.29, 0.717) is 0 Å². The van der Waals surface area contributed by atoms with Crippen LogP contribution < -0.4 is 16.0 Å². The number of anilines is 1. The second-order valence-corrected chi connectivity index (χ2v) is 5.68. The third-order valence-electron chi connectivity index (χ3n) is 3.51. The molecule has 3 amide bonds. The summed E-state index contributed by atoms with van der Waals surface area (Å²) < 4.78 is 0. The van der Waals surface area contributed by atoms with Gasteiger partial charge in [0.25, 0.3) is 0 Å². The van der Waals surface area contributed by atoms with Crippen LogP contribution in [0.25, 0.3) is 0 Å². The summed E-state index contributed by atoms with van der Waals surface area (Å²) in [6.45, 7) is 3.79.